The van der Waals surface area contributed by atoms with Crippen LogP contribution in [-0.2, 0) is 19.7 Å². The van der Waals surface area contributed by atoms with E-state index in [1.165, 1.54) is 5.56 Å². The maximum atomic E-state index is 12.6. The fourth-order valence-corrected chi connectivity index (χ4v) is 3.71. The molecule has 1 aromatic rings. The first-order valence-electron chi connectivity index (χ1n) is 10.2. The normalized spacial score (nSPS) is 18.8. The van der Waals surface area contributed by atoms with E-state index in [9.17, 15) is 9.59 Å². The molecule has 2 saturated heterocycles. The lowest BCUT2D eigenvalue weighted by Crippen LogP contribution is -2.48. The van der Waals surface area contributed by atoms with Crippen LogP contribution in [0.5, 0.6) is 5.75 Å². The smallest absolute Gasteiger partial charge is 0.260 e. The van der Waals surface area contributed by atoms with E-state index in [1.807, 2.05) is 34.1 Å². The van der Waals surface area contributed by atoms with Crippen LogP contribution in [0.2, 0.25) is 0 Å². The fourth-order valence-electron chi connectivity index (χ4n) is 3.71. The molecule has 0 saturated carbocycles. The summed E-state index contributed by atoms with van der Waals surface area (Å²) in [6, 6.07) is 7.92. The van der Waals surface area contributed by atoms with Crippen LogP contribution >= 0.6 is 0 Å². The van der Waals surface area contributed by atoms with Crippen molar-refractivity contribution in [1.82, 2.24) is 9.80 Å². The zero-order valence-electron chi connectivity index (χ0n) is 17.3. The van der Waals surface area contributed by atoms with E-state index in [-0.39, 0.29) is 29.8 Å². The molecule has 0 unspecified atom stereocenters. The minimum absolute atomic E-state index is 0.0165. The van der Waals surface area contributed by atoms with E-state index < -0.39 is 0 Å². The molecule has 2 amide bonds. The van der Waals surface area contributed by atoms with Crippen LogP contribution in [0.4, 0.5) is 0 Å². The molecule has 0 aromatic heterocycles. The molecule has 3 rings (SSSR count). The van der Waals surface area contributed by atoms with Crippen LogP contribution in [0.1, 0.15) is 39.2 Å². The largest absolute Gasteiger partial charge is 0.484 e. The summed E-state index contributed by atoms with van der Waals surface area (Å²) in [6.45, 7) is 10.4. The minimum atomic E-state index is -0.0165. The summed E-state index contributed by atoms with van der Waals surface area (Å²) in [4.78, 5) is 28.8. The summed E-state index contributed by atoms with van der Waals surface area (Å²) in [5.74, 6) is 0.925. The topological polar surface area (TPSA) is 59.1 Å². The molecular formula is C22H32N2O4. The minimum Gasteiger partial charge on any atom is -0.484 e. The van der Waals surface area contributed by atoms with Crippen LogP contribution in [0.15, 0.2) is 24.3 Å². The molecule has 28 heavy (non-hydrogen) atoms. The molecule has 2 aliphatic rings. The highest BCUT2D eigenvalue weighted by Crippen LogP contribution is 2.24. The lowest BCUT2D eigenvalue weighted by molar-refractivity contribution is -0.144. The highest BCUT2D eigenvalue weighted by molar-refractivity contribution is 5.80. The molecule has 0 bridgehead atoms. The number of carbonyl (C=O) groups excluding carboxylic acids is 2. The van der Waals surface area contributed by atoms with Gasteiger partial charge in [0.2, 0.25) is 5.91 Å². The number of amides is 2. The first-order valence-corrected chi connectivity index (χ1v) is 10.2. The van der Waals surface area contributed by atoms with E-state index in [4.69, 9.17) is 9.47 Å². The van der Waals surface area contributed by atoms with E-state index >= 15 is 0 Å². The molecule has 0 spiro atoms. The quantitative estimate of drug-likeness (QED) is 0.795. The number of morpholine rings is 1. The lowest BCUT2D eigenvalue weighted by atomic mass is 9.87. The van der Waals surface area contributed by atoms with Gasteiger partial charge in [-0.3, -0.25) is 9.59 Å². The average Bonchev–Trinajstić information content (AvgIpc) is 2.72. The van der Waals surface area contributed by atoms with Gasteiger partial charge in [-0.15, -0.1) is 0 Å². The van der Waals surface area contributed by atoms with Crippen LogP contribution in [0.25, 0.3) is 0 Å². The number of hydrogen-bond donors (Lipinski definition) is 0. The van der Waals surface area contributed by atoms with Crippen molar-refractivity contribution in [3.63, 3.8) is 0 Å². The third-order valence-electron chi connectivity index (χ3n) is 5.60. The summed E-state index contributed by atoms with van der Waals surface area (Å²) in [7, 11) is 0. The molecule has 1 aromatic carbocycles. The summed E-state index contributed by atoms with van der Waals surface area (Å²) in [5.41, 5.74) is 1.33. The molecule has 0 aliphatic carbocycles. The van der Waals surface area contributed by atoms with Crippen molar-refractivity contribution in [2.45, 2.75) is 39.0 Å². The number of carbonyl (C=O) groups is 2. The van der Waals surface area contributed by atoms with Crippen molar-refractivity contribution in [1.29, 1.82) is 0 Å². The number of ether oxygens (including phenoxy) is 2. The van der Waals surface area contributed by atoms with Gasteiger partial charge in [0.15, 0.2) is 6.61 Å². The number of nitrogens with zero attached hydrogens (tertiary/aromatic N) is 2. The van der Waals surface area contributed by atoms with E-state index in [2.05, 4.69) is 20.8 Å². The highest BCUT2D eigenvalue weighted by Gasteiger charge is 2.30. The molecule has 0 radical (unpaired) electrons. The van der Waals surface area contributed by atoms with Crippen molar-refractivity contribution in [2.75, 3.05) is 46.0 Å². The lowest BCUT2D eigenvalue weighted by Gasteiger charge is -2.35. The van der Waals surface area contributed by atoms with Gasteiger partial charge in [0, 0.05) is 32.1 Å². The van der Waals surface area contributed by atoms with Gasteiger partial charge >= 0.3 is 0 Å². The molecule has 2 aliphatic heterocycles. The third kappa shape index (κ3) is 5.25. The first-order chi connectivity index (χ1) is 13.3. The van der Waals surface area contributed by atoms with Gasteiger partial charge in [-0.05, 0) is 36.0 Å². The Hall–Kier alpha value is -2.08. The van der Waals surface area contributed by atoms with Crippen LogP contribution in [0.3, 0.4) is 0 Å². The Balaban J connectivity index is 1.43. The Morgan fingerprint density at radius 3 is 2.18 bits per heavy atom. The first kappa shape index (κ1) is 20.6. The third-order valence-corrected chi connectivity index (χ3v) is 5.60. The molecule has 0 atom stereocenters. The maximum absolute atomic E-state index is 12.6. The second kappa shape index (κ2) is 8.95. The van der Waals surface area contributed by atoms with Gasteiger partial charge < -0.3 is 19.3 Å². The number of likely N-dealkylation sites (tertiary alicyclic amines) is 1. The number of piperidine rings is 1. The van der Waals surface area contributed by atoms with Gasteiger partial charge in [0.1, 0.15) is 5.75 Å². The molecule has 154 valence electrons. The second-order valence-electron chi connectivity index (χ2n) is 8.66. The van der Waals surface area contributed by atoms with Crippen LogP contribution in [0, 0.1) is 5.92 Å². The Kier molecular flexibility index (Phi) is 6.60. The number of rotatable bonds is 4. The SMILES string of the molecule is CC(C)(C)c1ccc(OCC(=O)N2CCC(C(=O)N3CCOCC3)CC2)cc1. The molecule has 0 N–H and O–H groups in total. The molecular weight excluding hydrogens is 356 g/mol. The van der Waals surface area contributed by atoms with E-state index in [0.717, 1.165) is 12.8 Å². The van der Waals surface area contributed by atoms with Gasteiger partial charge in [-0.25, -0.2) is 0 Å². The standard InChI is InChI=1S/C22H32N2O4/c1-22(2,3)18-4-6-19(7-5-18)28-16-20(25)23-10-8-17(9-11-23)21(26)24-12-14-27-15-13-24/h4-7,17H,8-16H2,1-3H3. The van der Waals surface area contributed by atoms with E-state index in [1.54, 1.807) is 0 Å². The summed E-state index contributed by atoms with van der Waals surface area (Å²) in [6.07, 6.45) is 1.45. The van der Waals surface area contributed by atoms with Crippen LogP contribution < -0.4 is 4.74 Å². The van der Waals surface area contributed by atoms with Gasteiger partial charge in [-0.2, -0.15) is 0 Å². The zero-order valence-corrected chi connectivity index (χ0v) is 17.3. The predicted octanol–water partition coefficient (Wildman–Crippen LogP) is 2.46. The Labute approximate surface area is 167 Å². The van der Waals surface area contributed by atoms with Crippen molar-refractivity contribution in [2.24, 2.45) is 5.92 Å². The molecule has 6 nitrogen and oxygen atoms in total. The highest BCUT2D eigenvalue weighted by atomic mass is 16.5. The van der Waals surface area contributed by atoms with Crippen molar-refractivity contribution < 1.29 is 19.1 Å². The van der Waals surface area contributed by atoms with E-state index in [0.29, 0.717) is 45.1 Å². The van der Waals surface area contributed by atoms with Crippen molar-refractivity contribution in [3.05, 3.63) is 29.8 Å². The molecule has 2 fully saturated rings. The zero-order chi connectivity index (χ0) is 20.1. The Bertz CT molecular complexity index is 667. The summed E-state index contributed by atoms with van der Waals surface area (Å²) in [5, 5.41) is 0. The molecule has 6 heteroatoms. The predicted molar refractivity (Wildman–Crippen MR) is 107 cm³/mol. The average molecular weight is 389 g/mol. The monoisotopic (exact) mass is 388 g/mol. The Morgan fingerprint density at radius 2 is 1.61 bits per heavy atom. The summed E-state index contributed by atoms with van der Waals surface area (Å²) < 4.78 is 11.0. The van der Waals surface area contributed by atoms with Crippen molar-refractivity contribution >= 4 is 11.8 Å². The molecule has 2 heterocycles. The van der Waals surface area contributed by atoms with Gasteiger partial charge in [0.05, 0.1) is 13.2 Å². The van der Waals surface area contributed by atoms with Crippen molar-refractivity contribution in [3.8, 4) is 5.75 Å². The second-order valence-corrected chi connectivity index (χ2v) is 8.66. The van der Waals surface area contributed by atoms with Crippen LogP contribution in [-0.4, -0.2) is 67.6 Å². The number of hydrogen-bond acceptors (Lipinski definition) is 4. The Morgan fingerprint density at radius 1 is 1.00 bits per heavy atom. The van der Waals surface area contributed by atoms with Gasteiger partial charge in [0.25, 0.3) is 5.91 Å². The number of benzene rings is 1. The summed E-state index contributed by atoms with van der Waals surface area (Å²) >= 11 is 0. The maximum Gasteiger partial charge on any atom is 0.260 e. The fraction of sp³-hybridized carbons (Fsp3) is 0.636. The van der Waals surface area contributed by atoms with Gasteiger partial charge in [-0.1, -0.05) is 32.9 Å².